The molecule has 0 aromatic carbocycles. The van der Waals surface area contributed by atoms with E-state index >= 15 is 0 Å². The van der Waals surface area contributed by atoms with Crippen LogP contribution in [0.2, 0.25) is 0 Å². The molecule has 0 aliphatic carbocycles. The molecule has 78 valence electrons. The van der Waals surface area contributed by atoms with Gasteiger partial charge in [-0.3, -0.25) is 4.79 Å². The van der Waals surface area contributed by atoms with Crippen molar-refractivity contribution in [1.82, 2.24) is 5.32 Å². The quantitative estimate of drug-likeness (QED) is 0.281. The van der Waals surface area contributed by atoms with E-state index in [0.717, 1.165) is 0 Å². The molecule has 0 rings (SSSR count). The van der Waals surface area contributed by atoms with E-state index in [2.05, 4.69) is 20.1 Å². The second-order valence-corrected chi connectivity index (χ2v) is 2.16. The van der Waals surface area contributed by atoms with Gasteiger partial charge in [0.25, 0.3) is 0 Å². The Labute approximate surface area is 79.5 Å². The lowest BCUT2D eigenvalue weighted by Crippen LogP contribution is -2.27. The van der Waals surface area contributed by atoms with Crippen LogP contribution in [0, 0.1) is 0 Å². The topological polar surface area (TPSA) is 124 Å². The third kappa shape index (κ3) is 8.15. The lowest BCUT2D eigenvalue weighted by Gasteiger charge is -2.03. The van der Waals surface area contributed by atoms with Gasteiger partial charge in [-0.1, -0.05) is 5.11 Å². The summed E-state index contributed by atoms with van der Waals surface area (Å²) in [5, 5.41) is 13.6. The molecule has 0 radical (unpaired) electrons. The van der Waals surface area contributed by atoms with Gasteiger partial charge in [0.05, 0.1) is 19.6 Å². The van der Waals surface area contributed by atoms with Crippen LogP contribution in [0.5, 0.6) is 0 Å². The van der Waals surface area contributed by atoms with Crippen molar-refractivity contribution in [3.05, 3.63) is 10.4 Å². The monoisotopic (exact) mass is 202 g/mol. The Morgan fingerprint density at radius 2 is 2.29 bits per heavy atom. The summed E-state index contributed by atoms with van der Waals surface area (Å²) < 4.78 is 4.52. The molecule has 0 heterocycles. The first-order chi connectivity index (χ1) is 6.66. The zero-order chi connectivity index (χ0) is 10.8. The summed E-state index contributed by atoms with van der Waals surface area (Å²) in [6.45, 7) is 0.0432. The lowest BCUT2D eigenvalue weighted by atomic mass is 10.4. The summed E-state index contributed by atoms with van der Waals surface area (Å²) in [6.07, 6.45) is -0.884. The van der Waals surface area contributed by atoms with E-state index in [1.54, 1.807) is 0 Å². The highest BCUT2D eigenvalue weighted by Crippen LogP contribution is 1.81. The van der Waals surface area contributed by atoms with Crippen LogP contribution in [-0.2, 0) is 9.53 Å². The van der Waals surface area contributed by atoms with E-state index < -0.39 is 12.1 Å². The Morgan fingerprint density at radius 1 is 1.57 bits per heavy atom. The van der Waals surface area contributed by atoms with Gasteiger partial charge in [0, 0.05) is 11.5 Å². The molecule has 8 nitrogen and oxygen atoms in total. The van der Waals surface area contributed by atoms with Gasteiger partial charge >= 0.3 is 12.1 Å². The van der Waals surface area contributed by atoms with Crippen LogP contribution in [0.4, 0.5) is 4.79 Å². The van der Waals surface area contributed by atoms with Gasteiger partial charge < -0.3 is 15.2 Å². The lowest BCUT2D eigenvalue weighted by molar-refractivity contribution is -0.136. The number of azide groups is 1. The fourth-order valence-corrected chi connectivity index (χ4v) is 0.546. The van der Waals surface area contributed by atoms with E-state index in [4.69, 9.17) is 10.6 Å². The molecule has 8 heteroatoms. The van der Waals surface area contributed by atoms with Crippen LogP contribution in [0.15, 0.2) is 5.11 Å². The molecule has 0 spiro atoms. The summed E-state index contributed by atoms with van der Waals surface area (Å²) in [5.74, 6) is -1.00. The summed E-state index contributed by atoms with van der Waals surface area (Å²) in [5.41, 5.74) is 7.87. The van der Waals surface area contributed by atoms with Gasteiger partial charge in [-0.2, -0.15) is 0 Å². The molecule has 0 saturated carbocycles. The second-order valence-electron chi connectivity index (χ2n) is 2.16. The number of hydrogen-bond acceptors (Lipinski definition) is 4. The van der Waals surface area contributed by atoms with Gasteiger partial charge in [0.15, 0.2) is 0 Å². The molecule has 0 fully saturated rings. The molecule has 1 amide bonds. The Bertz CT molecular complexity index is 238. The van der Waals surface area contributed by atoms with Crippen molar-refractivity contribution < 1.29 is 19.4 Å². The summed E-state index contributed by atoms with van der Waals surface area (Å²) in [7, 11) is 0. The number of aliphatic carboxylic acids is 1. The second kappa shape index (κ2) is 7.69. The van der Waals surface area contributed by atoms with E-state index in [0.29, 0.717) is 0 Å². The number of carbonyl (C=O) groups is 2. The zero-order valence-electron chi connectivity index (χ0n) is 7.34. The Morgan fingerprint density at radius 3 is 2.86 bits per heavy atom. The van der Waals surface area contributed by atoms with Crippen molar-refractivity contribution in [3.8, 4) is 0 Å². The van der Waals surface area contributed by atoms with Crippen LogP contribution in [0.25, 0.3) is 10.4 Å². The first kappa shape index (κ1) is 12.0. The van der Waals surface area contributed by atoms with Gasteiger partial charge in [-0.05, 0) is 5.53 Å². The maximum Gasteiger partial charge on any atom is 0.407 e. The Balaban J connectivity index is 3.36. The smallest absolute Gasteiger partial charge is 0.407 e. The van der Waals surface area contributed by atoms with E-state index in [-0.39, 0.29) is 26.1 Å². The van der Waals surface area contributed by atoms with Crippen molar-refractivity contribution >= 4 is 12.1 Å². The molecule has 0 unspecified atom stereocenters. The number of nitrogens with one attached hydrogen (secondary N) is 1. The van der Waals surface area contributed by atoms with E-state index in [1.807, 2.05) is 0 Å². The standard InChI is InChI=1S/C6H10N4O4/c7-10-9-3-4-14-6(13)8-2-1-5(11)12/h1-4H2,(H,8,13)(H,11,12). The van der Waals surface area contributed by atoms with Crippen LogP contribution in [0.3, 0.4) is 0 Å². The van der Waals surface area contributed by atoms with Crippen LogP contribution in [-0.4, -0.2) is 36.9 Å². The molecule has 0 bridgehead atoms. The Hall–Kier alpha value is -1.95. The van der Waals surface area contributed by atoms with Gasteiger partial charge in [-0.25, -0.2) is 4.79 Å². The minimum Gasteiger partial charge on any atom is -0.481 e. The molecular weight excluding hydrogens is 192 g/mol. The van der Waals surface area contributed by atoms with Crippen molar-refractivity contribution in [2.45, 2.75) is 6.42 Å². The van der Waals surface area contributed by atoms with Crippen molar-refractivity contribution in [2.75, 3.05) is 19.7 Å². The van der Waals surface area contributed by atoms with Crippen molar-refractivity contribution in [1.29, 1.82) is 0 Å². The first-order valence-electron chi connectivity index (χ1n) is 3.80. The van der Waals surface area contributed by atoms with Crippen LogP contribution in [0.1, 0.15) is 6.42 Å². The van der Waals surface area contributed by atoms with Crippen LogP contribution >= 0.6 is 0 Å². The minimum absolute atomic E-state index is 0.00961. The number of rotatable bonds is 6. The van der Waals surface area contributed by atoms with Gasteiger partial charge in [0.2, 0.25) is 0 Å². The van der Waals surface area contributed by atoms with E-state index in [9.17, 15) is 9.59 Å². The number of carboxylic acid groups (broad SMARTS) is 1. The summed E-state index contributed by atoms with van der Waals surface area (Å²) in [6, 6.07) is 0. The maximum atomic E-state index is 10.7. The van der Waals surface area contributed by atoms with Crippen molar-refractivity contribution in [2.24, 2.45) is 5.11 Å². The molecule has 2 N–H and O–H groups in total. The molecule has 14 heavy (non-hydrogen) atoms. The fraction of sp³-hybridized carbons (Fsp3) is 0.667. The number of carboxylic acids is 1. The number of amides is 1. The molecule has 0 aliphatic rings. The average Bonchev–Trinajstić information content (AvgIpc) is 2.12. The fourth-order valence-electron chi connectivity index (χ4n) is 0.546. The highest BCUT2D eigenvalue weighted by molar-refractivity contribution is 5.70. The predicted octanol–water partition coefficient (Wildman–Crippen LogP) is 0.498. The third-order valence-corrected chi connectivity index (χ3v) is 1.10. The first-order valence-corrected chi connectivity index (χ1v) is 3.80. The molecule has 0 atom stereocenters. The zero-order valence-corrected chi connectivity index (χ0v) is 7.34. The highest BCUT2D eigenvalue weighted by atomic mass is 16.5. The average molecular weight is 202 g/mol. The molecular formula is C6H10N4O4. The summed E-state index contributed by atoms with van der Waals surface area (Å²) in [4.78, 5) is 23.2. The molecule has 0 saturated heterocycles. The van der Waals surface area contributed by atoms with E-state index in [1.165, 1.54) is 0 Å². The number of nitrogens with zero attached hydrogens (tertiary/aromatic N) is 3. The maximum absolute atomic E-state index is 10.7. The Kier molecular flexibility index (Phi) is 6.62. The highest BCUT2D eigenvalue weighted by Gasteiger charge is 2.01. The predicted molar refractivity (Wildman–Crippen MR) is 45.6 cm³/mol. The molecule has 0 aromatic heterocycles. The minimum atomic E-state index is -1.00. The largest absolute Gasteiger partial charge is 0.481 e. The van der Waals surface area contributed by atoms with Crippen molar-refractivity contribution in [3.63, 3.8) is 0 Å². The van der Waals surface area contributed by atoms with Gasteiger partial charge in [-0.15, -0.1) is 0 Å². The summed E-state index contributed by atoms with van der Waals surface area (Å²) >= 11 is 0. The third-order valence-electron chi connectivity index (χ3n) is 1.10. The van der Waals surface area contributed by atoms with Crippen LogP contribution < -0.4 is 5.32 Å². The number of ether oxygens (including phenoxy) is 1. The SMILES string of the molecule is [N-]=[N+]=NCCOC(=O)NCCC(=O)O. The number of carbonyl (C=O) groups excluding carboxylic acids is 1. The molecule has 0 aliphatic heterocycles. The normalized spacial score (nSPS) is 8.57. The number of alkyl carbamates (subject to hydrolysis) is 1. The molecule has 0 aromatic rings. The van der Waals surface area contributed by atoms with Gasteiger partial charge in [0.1, 0.15) is 0 Å². The number of hydrogen-bond donors (Lipinski definition) is 2.